The second-order valence-corrected chi connectivity index (χ2v) is 5.83. The maximum absolute atomic E-state index is 4.73. The molecule has 0 radical (unpaired) electrons. The van der Waals surface area contributed by atoms with E-state index >= 15 is 0 Å². The topological polar surface area (TPSA) is 41.1 Å². The molecular formula is C16H22N4. The van der Waals surface area contributed by atoms with Crippen LogP contribution in [0.15, 0.2) is 24.3 Å². The second kappa shape index (κ2) is 5.27. The summed E-state index contributed by atoms with van der Waals surface area (Å²) in [5, 5.41) is 4.21. The van der Waals surface area contributed by atoms with E-state index in [1.165, 1.54) is 12.8 Å². The van der Waals surface area contributed by atoms with Crippen molar-refractivity contribution < 1.29 is 0 Å². The molecule has 0 unspecified atom stereocenters. The predicted octanol–water partition coefficient (Wildman–Crippen LogP) is 3.30. The first kappa shape index (κ1) is 13.2. The summed E-state index contributed by atoms with van der Waals surface area (Å²) in [6, 6.07) is 8.70. The van der Waals surface area contributed by atoms with Crippen molar-refractivity contribution in [1.82, 2.24) is 9.97 Å². The van der Waals surface area contributed by atoms with E-state index < -0.39 is 0 Å². The lowest BCUT2D eigenvalue weighted by Crippen LogP contribution is -2.33. The van der Waals surface area contributed by atoms with Crippen LogP contribution in [0.5, 0.6) is 0 Å². The van der Waals surface area contributed by atoms with Crippen LogP contribution >= 0.6 is 0 Å². The van der Waals surface area contributed by atoms with E-state index in [9.17, 15) is 0 Å². The molecule has 0 aliphatic heterocycles. The molecule has 1 N–H and O–H groups in total. The van der Waals surface area contributed by atoms with Gasteiger partial charge in [0.25, 0.3) is 0 Å². The number of para-hydroxylation sites is 1. The number of nitrogens with one attached hydrogen (secondary N) is 1. The fourth-order valence-corrected chi connectivity index (χ4v) is 2.51. The lowest BCUT2D eigenvalue weighted by Gasteiger charge is -2.29. The molecule has 0 amide bonds. The maximum Gasteiger partial charge on any atom is 0.224 e. The Morgan fingerprint density at radius 2 is 2.00 bits per heavy atom. The van der Waals surface area contributed by atoms with Crippen LogP contribution in [-0.4, -0.2) is 29.6 Å². The van der Waals surface area contributed by atoms with E-state index in [-0.39, 0.29) is 0 Å². The van der Waals surface area contributed by atoms with Gasteiger partial charge in [-0.2, -0.15) is 4.98 Å². The molecule has 106 valence electrons. The van der Waals surface area contributed by atoms with E-state index in [0.29, 0.717) is 12.0 Å². The monoisotopic (exact) mass is 270 g/mol. The highest BCUT2D eigenvalue weighted by Crippen LogP contribution is 2.34. The predicted molar refractivity (Wildman–Crippen MR) is 84.3 cm³/mol. The molecule has 1 saturated carbocycles. The number of nitrogens with zero attached hydrogens (tertiary/aromatic N) is 3. The Morgan fingerprint density at radius 1 is 1.25 bits per heavy atom. The lowest BCUT2D eigenvalue weighted by atomic mass is 10.2. The number of hydrogen-bond acceptors (Lipinski definition) is 4. The van der Waals surface area contributed by atoms with Crippen molar-refractivity contribution in [2.75, 3.05) is 23.8 Å². The number of rotatable bonds is 5. The van der Waals surface area contributed by atoms with Crippen LogP contribution in [0, 0.1) is 5.92 Å². The van der Waals surface area contributed by atoms with Crippen molar-refractivity contribution in [2.24, 2.45) is 5.92 Å². The summed E-state index contributed by atoms with van der Waals surface area (Å²) in [5.74, 6) is 2.59. The zero-order chi connectivity index (χ0) is 14.1. The summed E-state index contributed by atoms with van der Waals surface area (Å²) in [7, 11) is 1.87. The molecule has 1 fully saturated rings. The molecule has 20 heavy (non-hydrogen) atoms. The standard InChI is InChI=1S/C16H22N4/c1-11(2)20(10-12-8-9-12)15-13-6-4-5-7-14(13)18-16(17-3)19-15/h4-7,11-12H,8-10H2,1-3H3,(H,17,18,19). The highest BCUT2D eigenvalue weighted by molar-refractivity contribution is 5.90. The summed E-state index contributed by atoms with van der Waals surface area (Å²) < 4.78 is 0. The fraction of sp³-hybridized carbons (Fsp3) is 0.500. The Hall–Kier alpha value is -1.84. The van der Waals surface area contributed by atoms with Gasteiger partial charge in [0.1, 0.15) is 5.82 Å². The molecule has 1 heterocycles. The van der Waals surface area contributed by atoms with Crippen LogP contribution in [0.2, 0.25) is 0 Å². The molecule has 0 bridgehead atoms. The number of benzene rings is 1. The largest absolute Gasteiger partial charge is 0.357 e. The molecule has 1 aliphatic rings. The summed E-state index contributed by atoms with van der Waals surface area (Å²) in [4.78, 5) is 11.7. The smallest absolute Gasteiger partial charge is 0.224 e. The fourth-order valence-electron chi connectivity index (χ4n) is 2.51. The van der Waals surface area contributed by atoms with Gasteiger partial charge in [0, 0.05) is 25.0 Å². The molecule has 4 heteroatoms. The Bertz CT molecular complexity index is 604. The van der Waals surface area contributed by atoms with Gasteiger partial charge in [-0.3, -0.25) is 0 Å². The van der Waals surface area contributed by atoms with Gasteiger partial charge in [-0.15, -0.1) is 0 Å². The van der Waals surface area contributed by atoms with Crippen LogP contribution in [0.1, 0.15) is 26.7 Å². The number of fused-ring (bicyclic) bond motifs is 1. The van der Waals surface area contributed by atoms with E-state index in [1.54, 1.807) is 0 Å². The van der Waals surface area contributed by atoms with Crippen molar-refractivity contribution in [3.8, 4) is 0 Å². The first-order chi connectivity index (χ1) is 9.69. The second-order valence-electron chi connectivity index (χ2n) is 5.83. The summed E-state index contributed by atoms with van der Waals surface area (Å²) in [5.41, 5.74) is 1.00. The molecule has 0 saturated heterocycles. The molecule has 2 aromatic rings. The third-order valence-electron chi connectivity index (χ3n) is 3.85. The minimum absolute atomic E-state index is 0.443. The SMILES string of the molecule is CNc1nc(N(CC2CC2)C(C)C)c2ccccc2n1. The normalized spacial score (nSPS) is 14.8. The van der Waals surface area contributed by atoms with Crippen LogP contribution in [0.4, 0.5) is 11.8 Å². The zero-order valence-electron chi connectivity index (χ0n) is 12.4. The van der Waals surface area contributed by atoms with E-state index in [1.807, 2.05) is 13.1 Å². The van der Waals surface area contributed by atoms with Crippen LogP contribution in [0.3, 0.4) is 0 Å². The highest BCUT2D eigenvalue weighted by Gasteiger charge is 2.27. The van der Waals surface area contributed by atoms with Crippen molar-refractivity contribution in [1.29, 1.82) is 0 Å². The average Bonchev–Trinajstić information content (AvgIpc) is 3.27. The molecule has 1 aromatic carbocycles. The van der Waals surface area contributed by atoms with Gasteiger partial charge in [-0.1, -0.05) is 12.1 Å². The minimum atomic E-state index is 0.443. The molecule has 1 aromatic heterocycles. The van der Waals surface area contributed by atoms with Gasteiger partial charge >= 0.3 is 0 Å². The van der Waals surface area contributed by atoms with Gasteiger partial charge in [0.15, 0.2) is 0 Å². The van der Waals surface area contributed by atoms with Gasteiger partial charge in [0.2, 0.25) is 5.95 Å². The van der Waals surface area contributed by atoms with Crippen LogP contribution in [0.25, 0.3) is 10.9 Å². The third kappa shape index (κ3) is 2.55. The quantitative estimate of drug-likeness (QED) is 0.905. The summed E-state index contributed by atoms with van der Waals surface area (Å²) in [6.45, 7) is 5.57. The first-order valence-electron chi connectivity index (χ1n) is 7.40. The average molecular weight is 270 g/mol. The van der Waals surface area contributed by atoms with Crippen molar-refractivity contribution in [3.63, 3.8) is 0 Å². The Labute approximate surface area is 120 Å². The summed E-state index contributed by atoms with van der Waals surface area (Å²) >= 11 is 0. The molecular weight excluding hydrogens is 248 g/mol. The number of hydrogen-bond donors (Lipinski definition) is 1. The van der Waals surface area contributed by atoms with Crippen LogP contribution < -0.4 is 10.2 Å². The van der Waals surface area contributed by atoms with Crippen molar-refractivity contribution in [3.05, 3.63) is 24.3 Å². The molecule has 0 atom stereocenters. The van der Waals surface area contributed by atoms with E-state index in [2.05, 4.69) is 47.2 Å². The van der Waals surface area contributed by atoms with Crippen molar-refractivity contribution >= 4 is 22.7 Å². The molecule has 0 spiro atoms. The Morgan fingerprint density at radius 3 is 2.65 bits per heavy atom. The Balaban J connectivity index is 2.10. The summed E-state index contributed by atoms with van der Waals surface area (Å²) in [6.07, 6.45) is 2.70. The minimum Gasteiger partial charge on any atom is -0.357 e. The zero-order valence-corrected chi connectivity index (χ0v) is 12.4. The first-order valence-corrected chi connectivity index (χ1v) is 7.40. The number of aromatic nitrogens is 2. The van der Waals surface area contributed by atoms with Gasteiger partial charge < -0.3 is 10.2 Å². The number of anilines is 2. The van der Waals surface area contributed by atoms with E-state index in [0.717, 1.165) is 29.2 Å². The van der Waals surface area contributed by atoms with Gasteiger partial charge in [-0.25, -0.2) is 4.98 Å². The highest BCUT2D eigenvalue weighted by atomic mass is 15.2. The van der Waals surface area contributed by atoms with Gasteiger partial charge in [-0.05, 0) is 44.7 Å². The third-order valence-corrected chi connectivity index (χ3v) is 3.85. The maximum atomic E-state index is 4.73. The lowest BCUT2D eigenvalue weighted by molar-refractivity contribution is 0.639. The van der Waals surface area contributed by atoms with Gasteiger partial charge in [0.05, 0.1) is 5.52 Å². The Kier molecular flexibility index (Phi) is 3.47. The van der Waals surface area contributed by atoms with Crippen molar-refractivity contribution in [2.45, 2.75) is 32.7 Å². The van der Waals surface area contributed by atoms with Crippen LogP contribution in [-0.2, 0) is 0 Å². The van der Waals surface area contributed by atoms with E-state index in [4.69, 9.17) is 4.98 Å². The molecule has 3 rings (SSSR count). The molecule has 4 nitrogen and oxygen atoms in total. The molecule has 1 aliphatic carbocycles.